The van der Waals surface area contributed by atoms with Crippen molar-refractivity contribution in [2.75, 3.05) is 12.1 Å². The Hall–Kier alpha value is 0.974. The summed E-state index contributed by atoms with van der Waals surface area (Å²) in [7, 11) is -0.504. The van der Waals surface area contributed by atoms with Crippen LogP contribution in [0.25, 0.3) is 0 Å². The highest BCUT2D eigenvalue weighted by atomic mass is 35.6. The molecule has 0 bridgehead atoms. The van der Waals surface area contributed by atoms with Crippen molar-refractivity contribution in [2.45, 2.75) is 20.0 Å². The zero-order valence-corrected chi connectivity index (χ0v) is 11.6. The third kappa shape index (κ3) is 23.1. The molecule has 0 spiro atoms. The van der Waals surface area contributed by atoms with Gasteiger partial charge in [0.2, 0.25) is 0 Å². The van der Waals surface area contributed by atoms with E-state index >= 15 is 0 Å². The quantitative estimate of drug-likeness (QED) is 0.388. The van der Waals surface area contributed by atoms with Crippen molar-refractivity contribution in [1.82, 2.24) is 0 Å². The van der Waals surface area contributed by atoms with Crippen LogP contribution in [-0.4, -0.2) is 30.0 Å². The molecule has 0 aliphatic carbocycles. The van der Waals surface area contributed by atoms with Gasteiger partial charge in [0.1, 0.15) is 10.5 Å². The molecule has 64 valence electrons. The molecule has 0 atom stereocenters. The summed E-state index contributed by atoms with van der Waals surface area (Å²) in [6, 6.07) is 0. The minimum atomic E-state index is -1.39. The van der Waals surface area contributed by atoms with Gasteiger partial charge in [-0.3, -0.25) is 0 Å². The van der Waals surface area contributed by atoms with Crippen LogP contribution in [0.15, 0.2) is 0 Å². The number of rotatable bonds is 2. The van der Waals surface area contributed by atoms with Crippen LogP contribution in [0, 0.1) is 0 Å². The second kappa shape index (κ2) is 8.07. The first-order chi connectivity index (χ1) is 4.47. The summed E-state index contributed by atoms with van der Waals surface area (Å²) in [6.45, 7) is 6.91. The zero-order valence-electron chi connectivity index (χ0n) is 7.08. The predicted octanol–water partition coefficient (Wildman–Crippen LogP) is 1.51. The number of hydrogen-bond donors (Lipinski definition) is 0. The van der Waals surface area contributed by atoms with Crippen LogP contribution in [0.4, 0.5) is 0 Å². The second-order valence-electron chi connectivity index (χ2n) is 2.43. The molecule has 0 saturated carbocycles. The van der Waals surface area contributed by atoms with Crippen LogP contribution in [0.3, 0.4) is 0 Å². The van der Waals surface area contributed by atoms with Gasteiger partial charge in [0, 0.05) is 12.1 Å². The molecule has 0 aliphatic rings. The van der Waals surface area contributed by atoms with Crippen molar-refractivity contribution in [1.29, 1.82) is 0 Å². The molecule has 0 aromatic heterocycles. The lowest BCUT2D eigenvalue weighted by atomic mass is 10.9. The van der Waals surface area contributed by atoms with Crippen LogP contribution >= 0.6 is 22.7 Å². The smallest absolute Gasteiger partial charge is 0.164 e. The van der Waals surface area contributed by atoms with E-state index in [0.29, 0.717) is 5.50 Å². The summed E-state index contributed by atoms with van der Waals surface area (Å²) in [5, 5.41) is 0. The van der Waals surface area contributed by atoms with Gasteiger partial charge < -0.3 is 4.43 Å². The van der Waals surface area contributed by atoms with Crippen LogP contribution < -0.4 is 0 Å². The van der Waals surface area contributed by atoms with Gasteiger partial charge in [-0.15, -0.1) is 11.6 Å². The summed E-state index contributed by atoms with van der Waals surface area (Å²) in [6.07, 6.45) is 0. The van der Waals surface area contributed by atoms with Gasteiger partial charge >= 0.3 is 0 Å². The predicted molar refractivity (Wildman–Crippen MR) is 55.6 cm³/mol. The van der Waals surface area contributed by atoms with Crippen LogP contribution in [-0.2, 0) is 4.43 Å². The van der Waals surface area contributed by atoms with E-state index in [9.17, 15) is 0 Å². The van der Waals surface area contributed by atoms with E-state index < -0.39 is 7.38 Å². The van der Waals surface area contributed by atoms with Crippen molar-refractivity contribution in [3.63, 3.8) is 0 Å². The molecule has 0 radical (unpaired) electrons. The van der Waals surface area contributed by atoms with Crippen molar-refractivity contribution in [2.24, 2.45) is 0 Å². The maximum absolute atomic E-state index is 5.72. The monoisotopic (exact) mass is 218 g/mol. The van der Waals surface area contributed by atoms with Gasteiger partial charge in [0.15, 0.2) is 7.38 Å². The minimum Gasteiger partial charge on any atom is -0.428 e. The first-order valence-electron chi connectivity index (χ1n) is 3.21. The molecule has 0 saturated heterocycles. The topological polar surface area (TPSA) is 9.23 Å². The molecule has 0 unspecified atom stereocenters. The highest BCUT2D eigenvalue weighted by molar-refractivity contribution is 7.21. The van der Waals surface area contributed by atoms with Crippen molar-refractivity contribution in [3.05, 3.63) is 0 Å². The standard InChI is InChI=1S/C3H8Cl2Si.C2H8OSi/c1-6(2,5)3-4;1-2-3-4/h3H2,1-2H3;2H2,1,4H3. The van der Waals surface area contributed by atoms with Crippen LogP contribution in [0.1, 0.15) is 6.92 Å². The third-order valence-electron chi connectivity index (χ3n) is 0.606. The average molecular weight is 219 g/mol. The molecule has 0 rings (SSSR count). The maximum atomic E-state index is 5.72. The van der Waals surface area contributed by atoms with Crippen molar-refractivity contribution >= 4 is 40.5 Å². The van der Waals surface area contributed by atoms with E-state index in [4.69, 9.17) is 22.7 Å². The fraction of sp³-hybridized carbons (Fsp3) is 1.00. The Morgan fingerprint density at radius 3 is 1.70 bits per heavy atom. The molecule has 0 aromatic rings. The first-order valence-corrected chi connectivity index (χ1v) is 8.78. The largest absolute Gasteiger partial charge is 0.428 e. The van der Waals surface area contributed by atoms with Crippen molar-refractivity contribution in [3.8, 4) is 0 Å². The molecule has 1 nitrogen and oxygen atoms in total. The lowest BCUT2D eigenvalue weighted by Gasteiger charge is -2.03. The van der Waals surface area contributed by atoms with E-state index in [1.54, 1.807) is 0 Å². The molecular weight excluding hydrogens is 203 g/mol. The summed E-state index contributed by atoms with van der Waals surface area (Å²) < 4.78 is 4.68. The number of halogens is 2. The molecule has 0 heterocycles. The molecular formula is C5H16Cl2OSi2. The summed E-state index contributed by atoms with van der Waals surface area (Å²) in [5.74, 6) is 0. The summed E-state index contributed by atoms with van der Waals surface area (Å²) in [5.41, 5.74) is 0.647. The van der Waals surface area contributed by atoms with Gasteiger partial charge in [-0.2, -0.15) is 11.1 Å². The van der Waals surface area contributed by atoms with Gasteiger partial charge in [-0.1, -0.05) is 13.1 Å². The normalized spacial score (nSPS) is 10.5. The Labute approximate surface area is 77.3 Å². The Morgan fingerprint density at radius 2 is 1.70 bits per heavy atom. The Kier molecular flexibility index (Phi) is 10.9. The molecule has 5 heteroatoms. The van der Waals surface area contributed by atoms with E-state index in [1.165, 1.54) is 0 Å². The SMILES string of the molecule is CCO[SiH3].C[Si](C)(Cl)CCl. The molecule has 0 aliphatic heterocycles. The molecule has 0 amide bonds. The van der Waals surface area contributed by atoms with E-state index in [0.717, 1.165) is 17.1 Å². The van der Waals surface area contributed by atoms with Gasteiger partial charge in [0.05, 0.1) is 0 Å². The Bertz CT molecular complexity index is 63.2. The summed E-state index contributed by atoms with van der Waals surface area (Å²) in [4.78, 5) is 0. The maximum Gasteiger partial charge on any atom is 0.164 e. The highest BCUT2D eigenvalue weighted by Gasteiger charge is 2.13. The van der Waals surface area contributed by atoms with Crippen LogP contribution in [0.2, 0.25) is 13.1 Å². The van der Waals surface area contributed by atoms with Crippen LogP contribution in [0.5, 0.6) is 0 Å². The Morgan fingerprint density at radius 1 is 1.50 bits per heavy atom. The zero-order chi connectivity index (χ0) is 8.62. The van der Waals surface area contributed by atoms with Crippen molar-refractivity contribution < 1.29 is 4.43 Å². The second-order valence-corrected chi connectivity index (χ2v) is 10.6. The third-order valence-corrected chi connectivity index (χ3v) is 4.64. The highest BCUT2D eigenvalue weighted by Crippen LogP contribution is 2.07. The fourth-order valence-corrected chi connectivity index (χ4v) is 0. The molecule has 0 fully saturated rings. The van der Waals surface area contributed by atoms with E-state index in [-0.39, 0.29) is 0 Å². The minimum absolute atomic E-state index is 0.647. The van der Waals surface area contributed by atoms with Gasteiger partial charge in [-0.05, 0) is 6.92 Å². The molecule has 0 aromatic carbocycles. The fourth-order valence-electron chi connectivity index (χ4n) is 0. The number of alkyl halides is 1. The molecule has 0 N–H and O–H groups in total. The summed E-state index contributed by atoms with van der Waals surface area (Å²) >= 11 is 11.1. The first kappa shape index (κ1) is 13.6. The van der Waals surface area contributed by atoms with Gasteiger partial charge in [0.25, 0.3) is 0 Å². The van der Waals surface area contributed by atoms with E-state index in [1.807, 2.05) is 20.0 Å². The molecule has 10 heavy (non-hydrogen) atoms. The lowest BCUT2D eigenvalue weighted by molar-refractivity contribution is 0.375. The Balaban J connectivity index is 0. The number of hydrogen-bond acceptors (Lipinski definition) is 1. The van der Waals surface area contributed by atoms with Gasteiger partial charge in [-0.25, -0.2) is 0 Å². The average Bonchev–Trinajstić information content (AvgIpc) is 1.87. The van der Waals surface area contributed by atoms with E-state index in [2.05, 4.69) is 4.43 Å². The lowest BCUT2D eigenvalue weighted by Crippen LogP contribution is -2.18.